The van der Waals surface area contributed by atoms with Gasteiger partial charge in [0.25, 0.3) is 7.82 Å². The molecule has 0 saturated heterocycles. The number of nitrogens with one attached hydrogen (secondary N) is 1. The van der Waals surface area contributed by atoms with Crippen LogP contribution in [0.3, 0.4) is 0 Å². The van der Waals surface area contributed by atoms with Crippen LogP contribution in [0.15, 0.2) is 24.5 Å². The minimum absolute atomic E-state index is 1.22. The summed E-state index contributed by atoms with van der Waals surface area (Å²) >= 11 is 0. The molecule has 1 aromatic rings. The van der Waals surface area contributed by atoms with Crippen LogP contribution < -0.4 is 14.8 Å². The van der Waals surface area contributed by atoms with E-state index in [-0.39, 0.29) is 0 Å². The summed E-state index contributed by atoms with van der Waals surface area (Å²) in [6.45, 7) is 0. The molecule has 6 nitrogen and oxygen atoms in total. The van der Waals surface area contributed by atoms with E-state index in [2.05, 4.69) is 9.88 Å². The maximum Gasteiger partial charge on any atom is 0.262 e. The second-order valence-corrected chi connectivity index (χ2v) is 3.62. The van der Waals surface area contributed by atoms with Gasteiger partial charge in [-0.25, -0.2) is 4.98 Å². The maximum atomic E-state index is 8.77. The second kappa shape index (κ2) is 5.72. The van der Waals surface area contributed by atoms with Crippen LogP contribution >= 0.6 is 7.82 Å². The Kier molecular flexibility index (Phi) is 5.34. The fourth-order valence-electron chi connectivity index (χ4n) is 0.676. The van der Waals surface area contributed by atoms with Crippen molar-refractivity contribution in [3.8, 4) is 0 Å². The van der Waals surface area contributed by atoms with Gasteiger partial charge in [-0.15, -0.1) is 0 Å². The normalized spacial score (nSPS) is 10.1. The molecular weight excluding hydrogens is 207 g/mol. The Bertz CT molecular complexity index is 290. The molecule has 0 amide bonds. The smallest absolute Gasteiger partial charge is 0.262 e. The van der Waals surface area contributed by atoms with Gasteiger partial charge in [-0.2, -0.15) is 0 Å². The van der Waals surface area contributed by atoms with Crippen LogP contribution in [0.25, 0.3) is 0 Å². The summed E-state index contributed by atoms with van der Waals surface area (Å²) in [4.78, 5) is 27.9. The summed E-state index contributed by atoms with van der Waals surface area (Å²) in [5, 5.41) is 0. The third-order valence-electron chi connectivity index (χ3n) is 1.22. The first-order chi connectivity index (χ1) is 6.30. The highest BCUT2D eigenvalue weighted by molar-refractivity contribution is 7.43. The number of rotatable bonds is 1. The summed E-state index contributed by atoms with van der Waals surface area (Å²) in [6, 6.07) is 4.06. The maximum absolute atomic E-state index is 8.77. The number of hydrogen-bond donors (Lipinski definition) is 2. The predicted octanol–water partition coefficient (Wildman–Crippen LogP) is -0.994. The molecule has 0 aromatic carbocycles. The lowest BCUT2D eigenvalue weighted by Crippen LogP contribution is -2.10. The van der Waals surface area contributed by atoms with E-state index < -0.39 is 7.82 Å². The van der Waals surface area contributed by atoms with Crippen molar-refractivity contribution < 1.29 is 24.2 Å². The van der Waals surface area contributed by atoms with Crippen molar-refractivity contribution in [2.24, 2.45) is 0 Å². The molecule has 3 N–H and O–H groups in total. The quantitative estimate of drug-likeness (QED) is 0.592. The fraction of sp³-hybridized carbons (Fsp3) is 0.286. The van der Waals surface area contributed by atoms with E-state index in [1.165, 1.54) is 5.69 Å². The summed E-state index contributed by atoms with van der Waals surface area (Å²) in [5.74, 6) is 0. The van der Waals surface area contributed by atoms with Gasteiger partial charge in [-0.05, 0) is 0 Å². The van der Waals surface area contributed by atoms with Crippen LogP contribution in [0.4, 0.5) is 5.69 Å². The summed E-state index contributed by atoms with van der Waals surface area (Å²) in [7, 11) is -0.843. The van der Waals surface area contributed by atoms with E-state index in [0.29, 0.717) is 0 Å². The highest BCUT2D eigenvalue weighted by atomic mass is 31.2. The predicted molar refractivity (Wildman–Crippen MR) is 49.4 cm³/mol. The van der Waals surface area contributed by atoms with Gasteiger partial charge in [0.05, 0.1) is 0 Å². The standard InChI is InChI=1S/C7H10N2.H3O4P/c1-9(2)7-3-5-8-6-4-7;1-5(2,3)4/h3-6H,1-2H3;(H3,1,2,3,4). The number of pyridine rings is 1. The van der Waals surface area contributed by atoms with E-state index in [1.807, 2.05) is 38.6 Å². The number of hydrogen-bond acceptors (Lipinski definition) is 3. The zero-order chi connectivity index (χ0) is 11.2. The summed E-state index contributed by atoms with van der Waals surface area (Å²) in [5.41, 5.74) is 1.22. The average molecular weight is 220 g/mol. The number of phosphoric acid groups is 1. The van der Waals surface area contributed by atoms with E-state index in [0.717, 1.165) is 0 Å². The summed E-state index contributed by atoms with van der Waals surface area (Å²) in [6.07, 6.45) is 3.82. The molecule has 1 rings (SSSR count). The number of H-pyrrole nitrogens is 1. The first-order valence-corrected chi connectivity index (χ1v) is 5.23. The van der Waals surface area contributed by atoms with Crippen molar-refractivity contribution in [2.75, 3.05) is 19.0 Å². The van der Waals surface area contributed by atoms with Crippen molar-refractivity contribution in [3.05, 3.63) is 24.5 Å². The zero-order valence-electron chi connectivity index (χ0n) is 7.91. The molecule has 14 heavy (non-hydrogen) atoms. The molecule has 0 radical (unpaired) electrons. The SMILES string of the molecule is CN(C)c1cc[nH+]cc1.O=P([O-])(O)O. The molecule has 0 atom stereocenters. The Morgan fingerprint density at radius 1 is 1.36 bits per heavy atom. The van der Waals surface area contributed by atoms with Crippen LogP contribution in [-0.2, 0) is 4.57 Å². The van der Waals surface area contributed by atoms with Gasteiger partial charge < -0.3 is 19.6 Å². The Morgan fingerprint density at radius 2 is 1.71 bits per heavy atom. The minimum atomic E-state index is -4.89. The Labute approximate surface area is 82.1 Å². The molecule has 0 saturated carbocycles. The molecule has 0 bridgehead atoms. The largest absolute Gasteiger partial charge is 0.756 e. The number of nitrogens with zero attached hydrogens (tertiary/aromatic N) is 1. The van der Waals surface area contributed by atoms with Crippen molar-refractivity contribution >= 4 is 13.5 Å². The zero-order valence-corrected chi connectivity index (χ0v) is 8.81. The molecule has 1 aromatic heterocycles. The monoisotopic (exact) mass is 220 g/mol. The van der Waals surface area contributed by atoms with E-state index in [9.17, 15) is 0 Å². The highest BCUT2D eigenvalue weighted by Crippen LogP contribution is 2.18. The first kappa shape index (κ1) is 13.1. The number of aromatic nitrogens is 1. The minimum Gasteiger partial charge on any atom is -0.756 e. The van der Waals surface area contributed by atoms with E-state index in [4.69, 9.17) is 19.2 Å². The molecular formula is C7H13N2O4P. The average Bonchev–Trinajstić information content (AvgIpc) is 2.03. The lowest BCUT2D eigenvalue weighted by atomic mass is 10.4. The molecule has 0 aliphatic heterocycles. The van der Waals surface area contributed by atoms with Crippen molar-refractivity contribution in [3.63, 3.8) is 0 Å². The first-order valence-electron chi connectivity index (χ1n) is 3.70. The number of anilines is 1. The van der Waals surface area contributed by atoms with Crippen LogP contribution in [0.2, 0.25) is 0 Å². The van der Waals surface area contributed by atoms with Crippen LogP contribution in [0.5, 0.6) is 0 Å². The van der Waals surface area contributed by atoms with Gasteiger partial charge in [-0.1, -0.05) is 0 Å². The molecule has 80 valence electrons. The molecule has 0 fully saturated rings. The Hall–Kier alpha value is -0.940. The molecule has 0 unspecified atom stereocenters. The van der Waals surface area contributed by atoms with Gasteiger partial charge in [0.15, 0.2) is 12.4 Å². The van der Waals surface area contributed by atoms with E-state index in [1.54, 1.807) is 0 Å². The Morgan fingerprint density at radius 3 is 1.93 bits per heavy atom. The molecule has 0 aliphatic carbocycles. The van der Waals surface area contributed by atoms with Gasteiger partial charge in [0.1, 0.15) is 0 Å². The van der Waals surface area contributed by atoms with Crippen LogP contribution in [0, 0.1) is 0 Å². The second-order valence-electron chi connectivity index (χ2n) is 2.64. The fourth-order valence-corrected chi connectivity index (χ4v) is 0.676. The van der Waals surface area contributed by atoms with Crippen molar-refractivity contribution in [1.29, 1.82) is 0 Å². The molecule has 7 heteroatoms. The van der Waals surface area contributed by atoms with Crippen molar-refractivity contribution in [1.82, 2.24) is 0 Å². The molecule has 1 heterocycles. The summed E-state index contributed by atoms with van der Waals surface area (Å²) < 4.78 is 8.77. The Balaban J connectivity index is 0.000000292. The van der Waals surface area contributed by atoms with Crippen LogP contribution in [-0.4, -0.2) is 23.9 Å². The van der Waals surface area contributed by atoms with E-state index >= 15 is 0 Å². The van der Waals surface area contributed by atoms with Gasteiger partial charge in [-0.3, -0.25) is 4.57 Å². The third-order valence-corrected chi connectivity index (χ3v) is 1.22. The van der Waals surface area contributed by atoms with Gasteiger partial charge in [0.2, 0.25) is 0 Å². The lowest BCUT2D eigenvalue weighted by molar-refractivity contribution is -0.377. The lowest BCUT2D eigenvalue weighted by Gasteiger charge is -2.08. The van der Waals surface area contributed by atoms with Crippen molar-refractivity contribution in [2.45, 2.75) is 0 Å². The number of aromatic amines is 1. The molecule has 0 aliphatic rings. The molecule has 0 spiro atoms. The highest BCUT2D eigenvalue weighted by Gasteiger charge is 1.91. The topological polar surface area (TPSA) is 98.0 Å². The van der Waals surface area contributed by atoms with Gasteiger partial charge in [0, 0.05) is 31.9 Å². The van der Waals surface area contributed by atoms with Crippen LogP contribution in [0.1, 0.15) is 0 Å². The third kappa shape index (κ3) is 9.15. The van der Waals surface area contributed by atoms with Gasteiger partial charge >= 0.3 is 0 Å².